The molecule has 0 aromatic heterocycles. The van der Waals surface area contributed by atoms with Gasteiger partial charge in [0.05, 0.1) is 24.4 Å². The number of rotatable bonds is 13. The van der Waals surface area contributed by atoms with Gasteiger partial charge >= 0.3 is 0 Å². The number of ether oxygens (including phenoxy) is 2. The van der Waals surface area contributed by atoms with Crippen molar-refractivity contribution in [3.05, 3.63) is 106 Å². The van der Waals surface area contributed by atoms with E-state index in [-0.39, 0.29) is 31.1 Å². The predicted octanol–water partition coefficient (Wildman–Crippen LogP) is 5.04. The second-order valence-electron chi connectivity index (χ2n) is 12.4. The maximum atomic E-state index is 12.2. The number of carbonyl (C=O) groups excluding carboxylic acids is 2. The highest BCUT2D eigenvalue weighted by Gasteiger charge is 2.37. The van der Waals surface area contributed by atoms with E-state index in [2.05, 4.69) is 10.2 Å². The van der Waals surface area contributed by atoms with Crippen LogP contribution in [0.4, 0.5) is 0 Å². The standard InChI is InChI=1S/C36H44ClN3O7/c37-30-15-13-29(14-16-30)36(44)17-19-40(20-18-36)23-31-21-32(27-9-7-26(24-41)8-10-27)47-35(46-31)28-11-5-25(6-12-28)22-38-33(42)3-1-2-4-34(43)39-45/h5-16,31-32,35,41,44-45H,1-4,17-24H2,(H,38,42)(H,39,43)/t31-,32+,35+/m1/s1. The molecule has 2 saturated heterocycles. The van der Waals surface area contributed by atoms with Crippen molar-refractivity contribution < 1.29 is 34.5 Å². The van der Waals surface area contributed by atoms with E-state index in [0.29, 0.717) is 56.6 Å². The number of nitrogens with one attached hydrogen (secondary N) is 2. The van der Waals surface area contributed by atoms with Gasteiger partial charge in [0, 0.05) is 56.0 Å². The first-order chi connectivity index (χ1) is 22.7. The second kappa shape index (κ2) is 16.7. The topological polar surface area (TPSA) is 141 Å². The predicted molar refractivity (Wildman–Crippen MR) is 176 cm³/mol. The van der Waals surface area contributed by atoms with Crippen molar-refractivity contribution in [2.75, 3.05) is 19.6 Å². The summed E-state index contributed by atoms with van der Waals surface area (Å²) in [7, 11) is 0. The Morgan fingerprint density at radius 2 is 1.47 bits per heavy atom. The summed E-state index contributed by atoms with van der Waals surface area (Å²) in [6.45, 7) is 2.53. The molecule has 2 aliphatic heterocycles. The Hall–Kier alpha value is -3.35. The summed E-state index contributed by atoms with van der Waals surface area (Å²) in [6.07, 6.45) is 2.56. The number of hydroxylamine groups is 1. The van der Waals surface area contributed by atoms with E-state index in [1.807, 2.05) is 72.8 Å². The number of aliphatic hydroxyl groups excluding tert-OH is 1. The van der Waals surface area contributed by atoms with Crippen molar-refractivity contribution in [1.29, 1.82) is 0 Å². The number of unbranched alkanes of at least 4 members (excludes halogenated alkanes) is 1. The fraction of sp³-hybridized carbons (Fsp3) is 0.444. The number of piperidine rings is 1. The molecule has 3 aromatic carbocycles. The quantitative estimate of drug-likeness (QED) is 0.0972. The van der Waals surface area contributed by atoms with Gasteiger partial charge in [-0.3, -0.25) is 14.8 Å². The van der Waals surface area contributed by atoms with Crippen LogP contribution in [0.15, 0.2) is 72.8 Å². The molecular formula is C36H44ClN3O7. The molecule has 0 spiro atoms. The summed E-state index contributed by atoms with van der Waals surface area (Å²) in [5.41, 5.74) is 5.28. The van der Waals surface area contributed by atoms with Gasteiger partial charge in [0.15, 0.2) is 6.29 Å². The summed E-state index contributed by atoms with van der Waals surface area (Å²) in [5.74, 6) is -0.553. The number of nitrogens with zero attached hydrogens (tertiary/aromatic N) is 1. The number of benzene rings is 3. The summed E-state index contributed by atoms with van der Waals surface area (Å²) >= 11 is 6.06. The monoisotopic (exact) mass is 665 g/mol. The first-order valence-corrected chi connectivity index (χ1v) is 16.6. The first-order valence-electron chi connectivity index (χ1n) is 16.2. The summed E-state index contributed by atoms with van der Waals surface area (Å²) in [6, 6.07) is 23.1. The third-order valence-electron chi connectivity index (χ3n) is 9.07. The third-order valence-corrected chi connectivity index (χ3v) is 9.32. The highest BCUT2D eigenvalue weighted by molar-refractivity contribution is 6.30. The molecule has 0 bridgehead atoms. The van der Waals surface area contributed by atoms with Crippen molar-refractivity contribution in [3.63, 3.8) is 0 Å². The normalized spacial score (nSPS) is 21.2. The Kier molecular flexibility index (Phi) is 12.4. The van der Waals surface area contributed by atoms with Gasteiger partial charge in [0.2, 0.25) is 11.8 Å². The molecule has 0 aliphatic carbocycles. The van der Waals surface area contributed by atoms with Crippen LogP contribution in [0.3, 0.4) is 0 Å². The number of amides is 2. The van der Waals surface area contributed by atoms with E-state index >= 15 is 0 Å². The van der Waals surface area contributed by atoms with Crippen LogP contribution in [0.5, 0.6) is 0 Å². The van der Waals surface area contributed by atoms with Crippen LogP contribution in [-0.4, -0.2) is 57.9 Å². The lowest BCUT2D eigenvalue weighted by molar-refractivity contribution is -0.253. The zero-order valence-electron chi connectivity index (χ0n) is 26.4. The molecular weight excluding hydrogens is 622 g/mol. The van der Waals surface area contributed by atoms with Crippen molar-refractivity contribution in [1.82, 2.24) is 15.7 Å². The molecule has 3 atom stereocenters. The lowest BCUT2D eigenvalue weighted by Crippen LogP contribution is -2.46. The minimum Gasteiger partial charge on any atom is -0.392 e. The largest absolute Gasteiger partial charge is 0.392 e. The lowest BCUT2D eigenvalue weighted by Gasteiger charge is -2.42. The highest BCUT2D eigenvalue weighted by atomic mass is 35.5. The van der Waals surface area contributed by atoms with Gasteiger partial charge in [0.25, 0.3) is 0 Å². The van der Waals surface area contributed by atoms with Gasteiger partial charge in [-0.25, -0.2) is 5.48 Å². The van der Waals surface area contributed by atoms with Crippen LogP contribution in [0.2, 0.25) is 5.02 Å². The van der Waals surface area contributed by atoms with Crippen LogP contribution in [0.1, 0.15) is 85.2 Å². The summed E-state index contributed by atoms with van der Waals surface area (Å²) in [5, 5.41) is 33.0. The molecule has 5 rings (SSSR count). The van der Waals surface area contributed by atoms with Gasteiger partial charge in [-0.2, -0.15) is 0 Å². The molecule has 10 nitrogen and oxygen atoms in total. The molecule has 5 N–H and O–H groups in total. The van der Waals surface area contributed by atoms with E-state index in [4.69, 9.17) is 26.3 Å². The number of aliphatic hydroxyl groups is 2. The number of carbonyl (C=O) groups is 2. The van der Waals surface area contributed by atoms with Gasteiger partial charge in [0.1, 0.15) is 0 Å². The molecule has 0 unspecified atom stereocenters. The molecule has 252 valence electrons. The Morgan fingerprint density at radius 3 is 2.11 bits per heavy atom. The molecule has 0 saturated carbocycles. The van der Waals surface area contributed by atoms with E-state index in [0.717, 1.165) is 40.9 Å². The minimum absolute atomic E-state index is 0.0202. The number of hydrogen-bond acceptors (Lipinski definition) is 8. The Labute approximate surface area is 280 Å². The SMILES string of the molecule is O=C(CCCCC(=O)NCc1ccc([C@H]2O[C@@H](CN3CCC(O)(c4ccc(Cl)cc4)CC3)C[C@@H](c3ccc(CO)cc3)O2)cc1)NO. The molecule has 11 heteroatoms. The molecule has 0 radical (unpaired) electrons. The van der Waals surface area contributed by atoms with Crippen molar-refractivity contribution >= 4 is 23.4 Å². The Balaban J connectivity index is 1.19. The van der Waals surface area contributed by atoms with E-state index in [1.54, 1.807) is 5.48 Å². The van der Waals surface area contributed by atoms with Crippen LogP contribution in [0, 0.1) is 0 Å². The number of likely N-dealkylation sites (tertiary alicyclic amines) is 1. The van der Waals surface area contributed by atoms with Gasteiger partial charge in [-0.1, -0.05) is 72.3 Å². The minimum atomic E-state index is -0.878. The Morgan fingerprint density at radius 1 is 0.851 bits per heavy atom. The zero-order chi connectivity index (χ0) is 33.2. The smallest absolute Gasteiger partial charge is 0.243 e. The van der Waals surface area contributed by atoms with Crippen molar-refractivity contribution in [2.45, 2.75) is 82.2 Å². The van der Waals surface area contributed by atoms with Gasteiger partial charge in [-0.05, 0) is 60.1 Å². The average Bonchev–Trinajstić information content (AvgIpc) is 3.10. The summed E-state index contributed by atoms with van der Waals surface area (Å²) < 4.78 is 13.0. The maximum absolute atomic E-state index is 12.2. The van der Waals surface area contributed by atoms with E-state index in [1.165, 1.54) is 0 Å². The maximum Gasteiger partial charge on any atom is 0.243 e. The highest BCUT2D eigenvalue weighted by Crippen LogP contribution is 2.39. The molecule has 2 heterocycles. The van der Waals surface area contributed by atoms with Crippen LogP contribution in [0.25, 0.3) is 0 Å². The third kappa shape index (κ3) is 9.84. The zero-order valence-corrected chi connectivity index (χ0v) is 27.2. The molecule has 2 amide bonds. The molecule has 47 heavy (non-hydrogen) atoms. The fourth-order valence-corrected chi connectivity index (χ4v) is 6.31. The fourth-order valence-electron chi connectivity index (χ4n) is 6.18. The van der Waals surface area contributed by atoms with Crippen LogP contribution in [-0.2, 0) is 37.8 Å². The van der Waals surface area contributed by atoms with Crippen molar-refractivity contribution in [2.24, 2.45) is 0 Å². The lowest BCUT2D eigenvalue weighted by atomic mass is 9.84. The van der Waals surface area contributed by atoms with E-state index in [9.17, 15) is 19.8 Å². The number of halogens is 1. The van der Waals surface area contributed by atoms with Crippen LogP contribution >= 0.6 is 11.6 Å². The van der Waals surface area contributed by atoms with Crippen LogP contribution < -0.4 is 10.8 Å². The average molecular weight is 666 g/mol. The van der Waals surface area contributed by atoms with Gasteiger partial charge in [-0.15, -0.1) is 0 Å². The van der Waals surface area contributed by atoms with Crippen molar-refractivity contribution in [3.8, 4) is 0 Å². The molecule has 3 aromatic rings. The molecule has 2 aliphatic rings. The Bertz CT molecular complexity index is 1440. The first kappa shape index (κ1) is 35.0. The van der Waals surface area contributed by atoms with Gasteiger partial charge < -0.3 is 29.9 Å². The number of hydrogen-bond donors (Lipinski definition) is 5. The molecule has 2 fully saturated rings. The second-order valence-corrected chi connectivity index (χ2v) is 12.9. The van der Waals surface area contributed by atoms with E-state index < -0.39 is 17.8 Å². The summed E-state index contributed by atoms with van der Waals surface area (Å²) in [4.78, 5) is 25.7.